The third-order valence-corrected chi connectivity index (χ3v) is 3.09. The van der Waals surface area contributed by atoms with E-state index in [0.717, 1.165) is 12.8 Å². The van der Waals surface area contributed by atoms with E-state index in [1.165, 1.54) is 0 Å². The van der Waals surface area contributed by atoms with Crippen LogP contribution in [0.4, 0.5) is 0 Å². The van der Waals surface area contributed by atoms with E-state index in [0.29, 0.717) is 25.3 Å². The molecule has 0 aromatic carbocycles. The van der Waals surface area contributed by atoms with E-state index in [2.05, 4.69) is 5.32 Å². The Hall–Kier alpha value is -1.06. The first-order valence-corrected chi connectivity index (χ1v) is 6.01. The molecule has 4 heteroatoms. The predicted octanol–water partition coefficient (Wildman–Crippen LogP) is 0.315. The summed E-state index contributed by atoms with van der Waals surface area (Å²) in [5, 5.41) is 13.7. The number of hydrogen-bond donors (Lipinski definition) is 1. The summed E-state index contributed by atoms with van der Waals surface area (Å²) in [7, 11) is 0. The normalized spacial score (nSPS) is 25.4. The molecule has 0 heterocycles. The number of rotatable bonds is 4. The predicted molar refractivity (Wildman–Crippen MR) is 58.3 cm³/mol. The van der Waals surface area contributed by atoms with Gasteiger partial charge in [-0.25, -0.2) is 0 Å². The molecule has 0 bridgehead atoms. The molecule has 4 nitrogen and oxygen atoms in total. The minimum atomic E-state index is -1.08. The van der Waals surface area contributed by atoms with Gasteiger partial charge in [0.15, 0.2) is 0 Å². The fourth-order valence-corrected chi connectivity index (χ4v) is 2.16. The van der Waals surface area contributed by atoms with Crippen LogP contribution in [-0.4, -0.2) is 18.4 Å². The molecule has 0 unspecified atom stereocenters. The standard InChI is InChI=1S/C12H21NO3/c1-8(2)7-13-11(14)9-5-3-4-6-10(9)12(15)16/h8-10H,3-7H2,1-2H3,(H,13,14)(H,15,16)/p-1/t9-,10-/m0/s1. The number of carbonyl (C=O) groups is 2. The van der Waals surface area contributed by atoms with Crippen LogP contribution in [0.5, 0.6) is 0 Å². The number of carboxylic acid groups (broad SMARTS) is 1. The van der Waals surface area contributed by atoms with Crippen LogP contribution >= 0.6 is 0 Å². The third kappa shape index (κ3) is 3.51. The number of carbonyl (C=O) groups excluding carboxylic acids is 2. The lowest BCUT2D eigenvalue weighted by Gasteiger charge is -2.31. The maximum Gasteiger partial charge on any atom is 0.223 e. The van der Waals surface area contributed by atoms with E-state index in [-0.39, 0.29) is 5.91 Å². The first kappa shape index (κ1) is 13.0. The van der Waals surface area contributed by atoms with Crippen LogP contribution in [0.1, 0.15) is 39.5 Å². The van der Waals surface area contributed by atoms with Gasteiger partial charge >= 0.3 is 0 Å². The molecule has 1 aliphatic carbocycles. The number of amides is 1. The Morgan fingerprint density at radius 2 is 1.81 bits per heavy atom. The Kier molecular flexibility index (Phi) is 4.77. The maximum absolute atomic E-state index is 11.8. The second-order valence-corrected chi connectivity index (χ2v) is 4.96. The highest BCUT2D eigenvalue weighted by Crippen LogP contribution is 2.29. The fraction of sp³-hybridized carbons (Fsp3) is 0.833. The minimum absolute atomic E-state index is 0.123. The van der Waals surface area contributed by atoms with Crippen LogP contribution in [0.3, 0.4) is 0 Å². The third-order valence-electron chi connectivity index (χ3n) is 3.09. The van der Waals surface area contributed by atoms with Crippen molar-refractivity contribution in [1.29, 1.82) is 0 Å². The summed E-state index contributed by atoms with van der Waals surface area (Å²) in [6.07, 6.45) is 3.06. The molecule has 1 amide bonds. The van der Waals surface area contributed by atoms with E-state index in [1.54, 1.807) is 0 Å². The maximum atomic E-state index is 11.8. The zero-order valence-electron chi connectivity index (χ0n) is 9.99. The lowest BCUT2D eigenvalue weighted by molar-refractivity contribution is -0.314. The van der Waals surface area contributed by atoms with Crippen LogP contribution in [-0.2, 0) is 9.59 Å². The van der Waals surface area contributed by atoms with Crippen molar-refractivity contribution in [1.82, 2.24) is 5.32 Å². The number of nitrogens with one attached hydrogen (secondary N) is 1. The van der Waals surface area contributed by atoms with E-state index >= 15 is 0 Å². The molecule has 1 fully saturated rings. The molecule has 0 saturated heterocycles. The van der Waals surface area contributed by atoms with Crippen molar-refractivity contribution in [3.63, 3.8) is 0 Å². The van der Waals surface area contributed by atoms with Crippen molar-refractivity contribution in [3.8, 4) is 0 Å². The summed E-state index contributed by atoms with van der Waals surface area (Å²) >= 11 is 0. The molecule has 0 aromatic rings. The molecule has 1 N–H and O–H groups in total. The lowest BCUT2D eigenvalue weighted by Crippen LogP contribution is -2.45. The molecule has 0 aliphatic heterocycles. The van der Waals surface area contributed by atoms with Crippen LogP contribution in [0, 0.1) is 17.8 Å². The second-order valence-electron chi connectivity index (χ2n) is 4.96. The molecular formula is C12H20NO3-. The van der Waals surface area contributed by atoms with Crippen molar-refractivity contribution < 1.29 is 14.7 Å². The average Bonchev–Trinajstić information content (AvgIpc) is 2.25. The summed E-state index contributed by atoms with van der Waals surface area (Å²) in [4.78, 5) is 22.7. The summed E-state index contributed by atoms with van der Waals surface area (Å²) in [5.74, 6) is -1.81. The molecule has 0 spiro atoms. The molecule has 0 radical (unpaired) electrons. The van der Waals surface area contributed by atoms with E-state index in [9.17, 15) is 14.7 Å². The number of hydrogen-bond acceptors (Lipinski definition) is 3. The van der Waals surface area contributed by atoms with Gasteiger partial charge in [0.1, 0.15) is 0 Å². The minimum Gasteiger partial charge on any atom is -0.550 e. The van der Waals surface area contributed by atoms with Crippen LogP contribution < -0.4 is 10.4 Å². The van der Waals surface area contributed by atoms with Gasteiger partial charge in [0.2, 0.25) is 5.91 Å². The highest BCUT2D eigenvalue weighted by Gasteiger charge is 2.31. The van der Waals surface area contributed by atoms with Crippen molar-refractivity contribution in [3.05, 3.63) is 0 Å². The topological polar surface area (TPSA) is 69.2 Å². The molecule has 1 saturated carbocycles. The Morgan fingerprint density at radius 3 is 2.31 bits per heavy atom. The van der Waals surface area contributed by atoms with Gasteiger partial charge in [-0.1, -0.05) is 26.7 Å². The second kappa shape index (κ2) is 5.87. The first-order chi connectivity index (χ1) is 7.52. The van der Waals surface area contributed by atoms with Gasteiger partial charge in [0, 0.05) is 24.3 Å². The van der Waals surface area contributed by atoms with Gasteiger partial charge in [0.25, 0.3) is 0 Å². The fourth-order valence-electron chi connectivity index (χ4n) is 2.16. The highest BCUT2D eigenvalue weighted by atomic mass is 16.4. The first-order valence-electron chi connectivity index (χ1n) is 6.01. The van der Waals surface area contributed by atoms with Crippen LogP contribution in [0.2, 0.25) is 0 Å². The molecule has 1 rings (SSSR count). The van der Waals surface area contributed by atoms with E-state index in [4.69, 9.17) is 0 Å². The SMILES string of the molecule is CC(C)CNC(=O)[C@H]1CCCC[C@@H]1C(=O)[O-]. The van der Waals surface area contributed by atoms with E-state index < -0.39 is 17.8 Å². The van der Waals surface area contributed by atoms with Crippen LogP contribution in [0.15, 0.2) is 0 Å². The summed E-state index contributed by atoms with van der Waals surface area (Å²) in [6, 6.07) is 0. The van der Waals surface area contributed by atoms with E-state index in [1.807, 2.05) is 13.8 Å². The molecule has 92 valence electrons. The number of aliphatic carboxylic acids is 1. The number of carboxylic acids is 1. The average molecular weight is 226 g/mol. The van der Waals surface area contributed by atoms with Crippen molar-refractivity contribution >= 4 is 11.9 Å². The van der Waals surface area contributed by atoms with Gasteiger partial charge in [-0.3, -0.25) is 4.79 Å². The molecular weight excluding hydrogens is 206 g/mol. The van der Waals surface area contributed by atoms with Gasteiger partial charge in [-0.05, 0) is 18.8 Å². The molecule has 2 atom stereocenters. The Bertz CT molecular complexity index is 263. The van der Waals surface area contributed by atoms with Crippen LogP contribution in [0.25, 0.3) is 0 Å². The van der Waals surface area contributed by atoms with Crippen molar-refractivity contribution in [2.75, 3.05) is 6.54 Å². The van der Waals surface area contributed by atoms with Gasteiger partial charge in [-0.2, -0.15) is 0 Å². The van der Waals surface area contributed by atoms with Crippen molar-refractivity contribution in [2.24, 2.45) is 17.8 Å². The lowest BCUT2D eigenvalue weighted by atomic mass is 9.78. The zero-order valence-corrected chi connectivity index (χ0v) is 9.99. The zero-order chi connectivity index (χ0) is 12.1. The Morgan fingerprint density at radius 1 is 1.25 bits per heavy atom. The van der Waals surface area contributed by atoms with Gasteiger partial charge in [-0.15, -0.1) is 0 Å². The molecule has 1 aliphatic rings. The summed E-state index contributed by atoms with van der Waals surface area (Å²) < 4.78 is 0. The Labute approximate surface area is 96.4 Å². The largest absolute Gasteiger partial charge is 0.550 e. The highest BCUT2D eigenvalue weighted by molar-refractivity contribution is 5.84. The molecule has 16 heavy (non-hydrogen) atoms. The molecule has 0 aromatic heterocycles. The van der Waals surface area contributed by atoms with Gasteiger partial charge < -0.3 is 15.2 Å². The summed E-state index contributed by atoms with van der Waals surface area (Å²) in [6.45, 7) is 4.63. The smallest absolute Gasteiger partial charge is 0.223 e. The van der Waals surface area contributed by atoms with Gasteiger partial charge in [0.05, 0.1) is 0 Å². The monoisotopic (exact) mass is 226 g/mol. The Balaban J connectivity index is 2.54. The summed E-state index contributed by atoms with van der Waals surface area (Å²) in [5.41, 5.74) is 0. The van der Waals surface area contributed by atoms with Crippen molar-refractivity contribution in [2.45, 2.75) is 39.5 Å². The quantitative estimate of drug-likeness (QED) is 0.750.